The number of hydrogen-bond acceptors (Lipinski definition) is 6. The Labute approximate surface area is 357 Å². The molecule has 0 spiro atoms. The Morgan fingerprint density at radius 2 is 0.879 bits per heavy atom. The third kappa shape index (κ3) is 9.80. The highest BCUT2D eigenvalue weighted by Gasteiger charge is 2.14. The van der Waals surface area contributed by atoms with Gasteiger partial charge in [0.25, 0.3) is 0 Å². The molecule has 3 heterocycles. The number of hydrogen-bond donors (Lipinski definition) is 4. The average Bonchev–Trinajstić information content (AvgIpc) is 3.99. The topological polar surface area (TPSA) is 139 Å². The van der Waals surface area contributed by atoms with Gasteiger partial charge in [-0.1, -0.05) is 54.6 Å². The number of ether oxygens (including phenoxy) is 4. The molecule has 3 aromatic heterocycles. The lowest BCUT2D eigenvalue weighted by molar-refractivity contribution is 0.0594. The third-order valence-electron chi connectivity index (χ3n) is 8.49. The SMILES string of the molecule is Brc1cc(Oc2ccccc2)cc2[nH]ccc12.COC(=O)c1cc2c(Br)cc(Oc3ccccc3)cc2[nH]1.O=C(O)c1cc2c(Br)cc(Oc3ccccc3)cc2[nH]1. The maximum atomic E-state index is 11.6. The number of fused-ring (bicyclic) bond motifs is 3. The molecule has 0 atom stereocenters. The number of aromatic carboxylic acids is 1. The lowest BCUT2D eigenvalue weighted by Gasteiger charge is -2.06. The van der Waals surface area contributed by atoms with Gasteiger partial charge in [-0.05, 0) is 121 Å². The van der Waals surface area contributed by atoms with E-state index in [2.05, 4.69) is 62.7 Å². The van der Waals surface area contributed by atoms with Gasteiger partial charge in [0.2, 0.25) is 0 Å². The smallest absolute Gasteiger partial charge is 0.354 e. The molecule has 0 aliphatic carbocycles. The number of aromatic amines is 3. The molecule has 0 fully saturated rings. The normalized spacial score (nSPS) is 10.6. The van der Waals surface area contributed by atoms with Crippen molar-refractivity contribution < 1.29 is 33.6 Å². The highest BCUT2D eigenvalue weighted by molar-refractivity contribution is 9.11. The summed E-state index contributed by atoms with van der Waals surface area (Å²) in [6, 6.07) is 45.3. The number of benzene rings is 6. The lowest BCUT2D eigenvalue weighted by atomic mass is 10.2. The Morgan fingerprint density at radius 1 is 0.483 bits per heavy atom. The number of nitrogens with one attached hydrogen (secondary N) is 3. The van der Waals surface area contributed by atoms with E-state index in [1.807, 2.05) is 134 Å². The highest BCUT2D eigenvalue weighted by atomic mass is 79.9. The molecule has 13 heteroatoms. The number of aromatic nitrogens is 3. The van der Waals surface area contributed by atoms with Crippen LogP contribution in [0, 0.1) is 0 Å². The van der Waals surface area contributed by atoms with Gasteiger partial charge in [0.05, 0.1) is 23.7 Å². The summed E-state index contributed by atoms with van der Waals surface area (Å²) in [6.07, 6.45) is 1.92. The van der Waals surface area contributed by atoms with Gasteiger partial charge in [-0.25, -0.2) is 9.59 Å². The zero-order valence-corrected chi connectivity index (χ0v) is 35.2. The van der Waals surface area contributed by atoms with Crippen LogP contribution in [0.3, 0.4) is 0 Å². The summed E-state index contributed by atoms with van der Waals surface area (Å²) in [5, 5.41) is 11.9. The number of methoxy groups -OCH3 is 1. The maximum absolute atomic E-state index is 11.6. The van der Waals surface area contributed by atoms with Gasteiger partial charge in [-0.15, -0.1) is 0 Å². The van der Waals surface area contributed by atoms with Crippen LogP contribution in [0.2, 0.25) is 0 Å². The van der Waals surface area contributed by atoms with Crippen LogP contribution >= 0.6 is 47.8 Å². The monoisotopic (exact) mass is 963 g/mol. The second-order valence-electron chi connectivity index (χ2n) is 12.5. The second-order valence-corrected chi connectivity index (χ2v) is 15.0. The first-order valence-corrected chi connectivity index (χ1v) is 19.9. The molecular formula is C45H32Br3N3O7. The number of esters is 1. The summed E-state index contributed by atoms with van der Waals surface area (Å²) >= 11 is 10.5. The molecule has 0 amide bonds. The number of carbonyl (C=O) groups is 2. The Morgan fingerprint density at radius 3 is 1.31 bits per heavy atom. The van der Waals surface area contributed by atoms with Gasteiger partial charge in [0.1, 0.15) is 45.9 Å². The molecule has 0 radical (unpaired) electrons. The summed E-state index contributed by atoms with van der Waals surface area (Å²) in [5.41, 5.74) is 3.13. The number of para-hydroxylation sites is 3. The lowest BCUT2D eigenvalue weighted by Crippen LogP contribution is -2.00. The standard InChI is InChI=1S/C16H12BrNO3.C15H10BrNO3.C14H10BrNO/c1-20-16(19)15-9-12-13(17)7-11(8-14(12)18-15)21-10-5-3-2-4-6-10;16-12-6-10(20-9-4-2-1-3-5-9)7-13-11(12)8-14(17-13)15(18)19;15-13-8-11(9-14-12(13)6-7-16-14)17-10-4-2-1-3-5-10/h2-9,18H,1H3;1-8,17H,(H,18,19);1-9,16H. The summed E-state index contributed by atoms with van der Waals surface area (Å²) < 4.78 is 24.7. The van der Waals surface area contributed by atoms with Crippen LogP contribution < -0.4 is 14.2 Å². The first-order chi connectivity index (χ1) is 28.1. The molecule has 0 saturated heterocycles. The van der Waals surface area contributed by atoms with E-state index in [1.165, 1.54) is 7.11 Å². The molecule has 6 aromatic carbocycles. The van der Waals surface area contributed by atoms with Gasteiger partial charge in [0, 0.05) is 54.0 Å². The van der Waals surface area contributed by atoms with Crippen molar-refractivity contribution in [1.82, 2.24) is 15.0 Å². The number of carbonyl (C=O) groups excluding carboxylic acids is 1. The number of halogens is 3. The van der Waals surface area contributed by atoms with E-state index in [0.717, 1.165) is 63.6 Å². The first-order valence-electron chi connectivity index (χ1n) is 17.5. The molecule has 4 N–H and O–H groups in total. The van der Waals surface area contributed by atoms with Crippen LogP contribution in [0.15, 0.2) is 165 Å². The summed E-state index contributed by atoms with van der Waals surface area (Å²) in [6.45, 7) is 0. The van der Waals surface area contributed by atoms with E-state index in [-0.39, 0.29) is 5.69 Å². The van der Waals surface area contributed by atoms with Crippen molar-refractivity contribution >= 4 is 92.4 Å². The highest BCUT2D eigenvalue weighted by Crippen LogP contribution is 2.35. The molecule has 0 unspecified atom stereocenters. The van der Waals surface area contributed by atoms with Gasteiger partial charge in [0.15, 0.2) is 0 Å². The summed E-state index contributed by atoms with van der Waals surface area (Å²) in [4.78, 5) is 31.6. The Hall–Kier alpha value is -6.28. The Bertz CT molecular complexity index is 2840. The minimum atomic E-state index is -0.987. The predicted octanol–water partition coefficient (Wildman–Crippen LogP) is 13.7. The molecule has 290 valence electrons. The van der Waals surface area contributed by atoms with Gasteiger partial charge in [-0.3, -0.25) is 0 Å². The van der Waals surface area contributed by atoms with Crippen molar-refractivity contribution in [2.45, 2.75) is 0 Å². The largest absolute Gasteiger partial charge is 0.477 e. The van der Waals surface area contributed by atoms with Crippen molar-refractivity contribution in [2.75, 3.05) is 7.11 Å². The predicted molar refractivity (Wildman–Crippen MR) is 236 cm³/mol. The quantitative estimate of drug-likeness (QED) is 0.111. The van der Waals surface area contributed by atoms with Crippen molar-refractivity contribution in [3.63, 3.8) is 0 Å². The summed E-state index contributed by atoms with van der Waals surface area (Å²) in [7, 11) is 1.35. The zero-order valence-electron chi connectivity index (χ0n) is 30.5. The molecule has 9 rings (SSSR count). The van der Waals surface area contributed by atoms with E-state index in [0.29, 0.717) is 22.7 Å². The Kier molecular flexibility index (Phi) is 12.6. The van der Waals surface area contributed by atoms with E-state index in [1.54, 1.807) is 18.2 Å². The van der Waals surface area contributed by atoms with Crippen LogP contribution in [-0.2, 0) is 4.74 Å². The van der Waals surface area contributed by atoms with E-state index in [9.17, 15) is 9.59 Å². The Balaban J connectivity index is 0.000000133. The number of carboxylic acids is 1. The van der Waals surface area contributed by atoms with Crippen molar-refractivity contribution in [3.8, 4) is 34.5 Å². The molecular weight excluding hydrogens is 934 g/mol. The maximum Gasteiger partial charge on any atom is 0.354 e. The number of H-pyrrole nitrogens is 3. The molecule has 0 saturated carbocycles. The van der Waals surface area contributed by atoms with Crippen LogP contribution in [0.1, 0.15) is 21.0 Å². The average molecular weight is 966 g/mol. The number of rotatable bonds is 8. The van der Waals surface area contributed by atoms with Crippen molar-refractivity contribution in [2.24, 2.45) is 0 Å². The number of carboxylic acid groups (broad SMARTS) is 1. The molecule has 0 aliphatic rings. The molecule has 0 bridgehead atoms. The van der Waals surface area contributed by atoms with Gasteiger partial charge >= 0.3 is 11.9 Å². The minimum absolute atomic E-state index is 0.151. The van der Waals surface area contributed by atoms with Crippen molar-refractivity contribution in [1.29, 1.82) is 0 Å². The molecule has 58 heavy (non-hydrogen) atoms. The third-order valence-corrected chi connectivity index (χ3v) is 10.5. The van der Waals surface area contributed by atoms with Gasteiger partial charge in [-0.2, -0.15) is 0 Å². The van der Waals surface area contributed by atoms with Crippen LogP contribution in [0.5, 0.6) is 34.5 Å². The molecule has 9 aromatic rings. The van der Waals surface area contributed by atoms with Crippen LogP contribution in [0.25, 0.3) is 32.7 Å². The zero-order chi connectivity index (χ0) is 40.6. The van der Waals surface area contributed by atoms with Crippen LogP contribution in [0.4, 0.5) is 0 Å². The van der Waals surface area contributed by atoms with Crippen molar-refractivity contribution in [3.05, 3.63) is 177 Å². The second kappa shape index (κ2) is 18.3. The summed E-state index contributed by atoms with van der Waals surface area (Å²) in [5.74, 6) is 3.06. The van der Waals surface area contributed by atoms with Crippen LogP contribution in [-0.4, -0.2) is 39.1 Å². The minimum Gasteiger partial charge on any atom is -0.477 e. The van der Waals surface area contributed by atoms with E-state index in [4.69, 9.17) is 24.1 Å². The van der Waals surface area contributed by atoms with E-state index < -0.39 is 11.9 Å². The van der Waals surface area contributed by atoms with Gasteiger partial charge < -0.3 is 39.0 Å². The molecule has 0 aliphatic heterocycles. The molecule has 10 nitrogen and oxygen atoms in total. The fraction of sp³-hybridized carbons (Fsp3) is 0.0222. The first kappa shape index (κ1) is 39.9. The fourth-order valence-electron chi connectivity index (χ4n) is 5.82. The van der Waals surface area contributed by atoms with E-state index >= 15 is 0 Å². The fourth-order valence-corrected chi connectivity index (χ4v) is 7.50.